The fourth-order valence-corrected chi connectivity index (χ4v) is 3.76. The Hall–Kier alpha value is 0.350. The van der Waals surface area contributed by atoms with Gasteiger partial charge in [-0.15, -0.1) is 0 Å². The van der Waals surface area contributed by atoms with Crippen LogP contribution in [0.1, 0.15) is 80.1 Å². The van der Waals surface area contributed by atoms with Crippen molar-refractivity contribution in [1.29, 1.82) is 0 Å². The molecule has 0 N–H and O–H groups in total. The molecule has 0 aromatic rings. The van der Waals surface area contributed by atoms with Crippen LogP contribution in [-0.4, -0.2) is 5.25 Å². The van der Waals surface area contributed by atoms with Gasteiger partial charge in [-0.25, -0.2) is 0 Å². The van der Waals surface area contributed by atoms with E-state index in [4.69, 9.17) is 12.6 Å². The summed E-state index contributed by atoms with van der Waals surface area (Å²) in [7, 11) is 0. The summed E-state index contributed by atoms with van der Waals surface area (Å²) in [5.41, 5.74) is 0. The standard InChI is InChI=1S/C17H36S/c1-7-9-10-14(4)17(16(6)18)15(5)12-11-13(3)8-2/h13-18H,7-12H2,1-6H3. The molecule has 0 heterocycles. The number of hydrogen-bond acceptors (Lipinski definition) is 1. The van der Waals surface area contributed by atoms with E-state index >= 15 is 0 Å². The van der Waals surface area contributed by atoms with Crippen molar-refractivity contribution in [1.82, 2.24) is 0 Å². The first-order valence-corrected chi connectivity index (χ1v) is 8.63. The molecule has 18 heavy (non-hydrogen) atoms. The molecule has 5 atom stereocenters. The average Bonchev–Trinajstić information content (AvgIpc) is 2.32. The summed E-state index contributed by atoms with van der Waals surface area (Å²) in [5, 5.41) is 0.531. The van der Waals surface area contributed by atoms with Crippen LogP contribution in [0, 0.1) is 23.7 Å². The van der Waals surface area contributed by atoms with Crippen LogP contribution in [0.5, 0.6) is 0 Å². The summed E-state index contributed by atoms with van der Waals surface area (Å²) >= 11 is 4.76. The Kier molecular flexibility index (Phi) is 10.4. The van der Waals surface area contributed by atoms with Gasteiger partial charge in [-0.3, -0.25) is 0 Å². The predicted octanol–water partition coefficient (Wildman–Crippen LogP) is 6.21. The number of rotatable bonds is 10. The number of thiol groups is 1. The Labute approximate surface area is 122 Å². The summed E-state index contributed by atoms with van der Waals surface area (Å²) in [4.78, 5) is 0. The minimum absolute atomic E-state index is 0.531. The van der Waals surface area contributed by atoms with Crippen molar-refractivity contribution in [3.05, 3.63) is 0 Å². The van der Waals surface area contributed by atoms with E-state index in [-0.39, 0.29) is 0 Å². The molecule has 0 spiro atoms. The molecule has 0 saturated carbocycles. The van der Waals surface area contributed by atoms with E-state index in [0.717, 1.165) is 23.7 Å². The van der Waals surface area contributed by atoms with Crippen LogP contribution in [0.15, 0.2) is 0 Å². The molecule has 110 valence electrons. The summed E-state index contributed by atoms with van der Waals surface area (Å²) < 4.78 is 0. The largest absolute Gasteiger partial charge is 0.176 e. The molecule has 0 aliphatic rings. The Bertz CT molecular complexity index is 188. The highest BCUT2D eigenvalue weighted by Crippen LogP contribution is 2.34. The summed E-state index contributed by atoms with van der Waals surface area (Å²) in [6.45, 7) is 14.1. The van der Waals surface area contributed by atoms with Crippen molar-refractivity contribution in [2.75, 3.05) is 0 Å². The zero-order valence-corrected chi connectivity index (χ0v) is 14.5. The van der Waals surface area contributed by atoms with Gasteiger partial charge in [-0.2, -0.15) is 12.6 Å². The van der Waals surface area contributed by atoms with Gasteiger partial charge in [0, 0.05) is 5.25 Å². The summed E-state index contributed by atoms with van der Waals surface area (Å²) in [6, 6.07) is 0. The molecule has 0 amide bonds. The first-order chi connectivity index (χ1) is 8.43. The lowest BCUT2D eigenvalue weighted by Crippen LogP contribution is -2.27. The number of hydrogen-bond donors (Lipinski definition) is 1. The van der Waals surface area contributed by atoms with E-state index in [2.05, 4.69) is 41.5 Å². The van der Waals surface area contributed by atoms with Crippen LogP contribution in [0.2, 0.25) is 0 Å². The van der Waals surface area contributed by atoms with Crippen molar-refractivity contribution in [2.45, 2.75) is 85.3 Å². The minimum atomic E-state index is 0.531. The molecule has 0 saturated heterocycles. The zero-order valence-electron chi connectivity index (χ0n) is 13.6. The third kappa shape index (κ3) is 7.07. The Morgan fingerprint density at radius 1 is 0.833 bits per heavy atom. The molecular weight excluding hydrogens is 236 g/mol. The van der Waals surface area contributed by atoms with Crippen LogP contribution in [0.3, 0.4) is 0 Å². The van der Waals surface area contributed by atoms with E-state index in [1.165, 1.54) is 38.5 Å². The molecular formula is C17H36S. The lowest BCUT2D eigenvalue weighted by Gasteiger charge is -2.33. The molecule has 0 aliphatic heterocycles. The molecule has 0 aromatic carbocycles. The Balaban J connectivity index is 4.30. The fraction of sp³-hybridized carbons (Fsp3) is 1.00. The molecule has 0 radical (unpaired) electrons. The van der Waals surface area contributed by atoms with Crippen LogP contribution in [0.25, 0.3) is 0 Å². The van der Waals surface area contributed by atoms with E-state index in [1.54, 1.807) is 0 Å². The van der Waals surface area contributed by atoms with E-state index < -0.39 is 0 Å². The van der Waals surface area contributed by atoms with E-state index in [0.29, 0.717) is 5.25 Å². The molecule has 0 bridgehead atoms. The van der Waals surface area contributed by atoms with Crippen molar-refractivity contribution in [3.63, 3.8) is 0 Å². The third-order valence-corrected chi connectivity index (χ3v) is 5.04. The molecule has 1 heteroatoms. The zero-order chi connectivity index (χ0) is 14.1. The van der Waals surface area contributed by atoms with Crippen molar-refractivity contribution in [2.24, 2.45) is 23.7 Å². The summed E-state index contributed by atoms with van der Waals surface area (Å²) in [5.74, 6) is 3.31. The molecule has 0 nitrogen and oxygen atoms in total. The van der Waals surface area contributed by atoms with Crippen molar-refractivity contribution >= 4 is 12.6 Å². The summed E-state index contributed by atoms with van der Waals surface area (Å²) in [6.07, 6.45) is 8.14. The predicted molar refractivity (Wildman–Crippen MR) is 88.5 cm³/mol. The third-order valence-electron chi connectivity index (χ3n) is 4.70. The van der Waals surface area contributed by atoms with Crippen molar-refractivity contribution in [3.8, 4) is 0 Å². The van der Waals surface area contributed by atoms with Crippen molar-refractivity contribution < 1.29 is 0 Å². The fourth-order valence-electron chi connectivity index (χ4n) is 3.17. The Morgan fingerprint density at radius 2 is 1.39 bits per heavy atom. The van der Waals surface area contributed by atoms with Crippen LogP contribution in [-0.2, 0) is 0 Å². The highest BCUT2D eigenvalue weighted by atomic mass is 32.1. The normalized spacial score (nSPS) is 20.2. The molecule has 0 rings (SSSR count). The lowest BCUT2D eigenvalue weighted by molar-refractivity contribution is 0.218. The van der Waals surface area contributed by atoms with Crippen LogP contribution >= 0.6 is 12.6 Å². The van der Waals surface area contributed by atoms with Crippen LogP contribution < -0.4 is 0 Å². The molecule has 0 aliphatic carbocycles. The van der Waals surface area contributed by atoms with E-state index in [9.17, 15) is 0 Å². The average molecular weight is 273 g/mol. The highest BCUT2D eigenvalue weighted by molar-refractivity contribution is 7.80. The van der Waals surface area contributed by atoms with Gasteiger partial charge in [0.15, 0.2) is 0 Å². The maximum Gasteiger partial charge on any atom is 0.00218 e. The van der Waals surface area contributed by atoms with Gasteiger partial charge in [-0.05, 0) is 23.7 Å². The topological polar surface area (TPSA) is 0 Å². The molecule has 5 unspecified atom stereocenters. The molecule has 0 fully saturated rings. The second kappa shape index (κ2) is 10.2. The van der Waals surface area contributed by atoms with Gasteiger partial charge in [0.1, 0.15) is 0 Å². The maximum absolute atomic E-state index is 4.76. The Morgan fingerprint density at radius 3 is 1.83 bits per heavy atom. The maximum atomic E-state index is 4.76. The first kappa shape index (κ1) is 18.4. The van der Waals surface area contributed by atoms with Gasteiger partial charge < -0.3 is 0 Å². The van der Waals surface area contributed by atoms with Gasteiger partial charge in [0.2, 0.25) is 0 Å². The van der Waals surface area contributed by atoms with Gasteiger partial charge in [0.25, 0.3) is 0 Å². The van der Waals surface area contributed by atoms with Gasteiger partial charge in [-0.1, -0.05) is 80.1 Å². The minimum Gasteiger partial charge on any atom is -0.176 e. The highest BCUT2D eigenvalue weighted by Gasteiger charge is 2.26. The lowest BCUT2D eigenvalue weighted by atomic mass is 9.76. The smallest absolute Gasteiger partial charge is 0.00218 e. The monoisotopic (exact) mass is 272 g/mol. The van der Waals surface area contributed by atoms with E-state index in [1.807, 2.05) is 0 Å². The quantitative estimate of drug-likeness (QED) is 0.449. The van der Waals surface area contributed by atoms with Gasteiger partial charge >= 0.3 is 0 Å². The SMILES string of the molecule is CCCCC(C)C(C(C)S)C(C)CCC(C)CC. The molecule has 0 aromatic heterocycles. The van der Waals surface area contributed by atoms with Crippen LogP contribution in [0.4, 0.5) is 0 Å². The second-order valence-electron chi connectivity index (χ2n) is 6.51. The number of unbranched alkanes of at least 4 members (excludes halogenated alkanes) is 1. The van der Waals surface area contributed by atoms with Gasteiger partial charge in [0.05, 0.1) is 0 Å². The second-order valence-corrected chi connectivity index (χ2v) is 7.32. The first-order valence-electron chi connectivity index (χ1n) is 8.11.